The molecule has 4 nitrogen and oxygen atoms in total. The molecular weight excluding hydrogens is 300 g/mol. The molecule has 22 heavy (non-hydrogen) atoms. The number of carbonyl (C=O) groups is 1. The zero-order valence-corrected chi connectivity index (χ0v) is 12.4. The van der Waals surface area contributed by atoms with E-state index in [9.17, 15) is 4.79 Å². The number of anilines is 1. The minimum Gasteiger partial charge on any atom is -0.444 e. The molecule has 0 aliphatic carbocycles. The Bertz CT molecular complexity index is 806. The third-order valence-electron chi connectivity index (χ3n) is 3.17. The number of benzene rings is 2. The summed E-state index contributed by atoms with van der Waals surface area (Å²) < 4.78 is 5.20. The van der Waals surface area contributed by atoms with Crippen molar-refractivity contribution in [3.05, 3.63) is 71.4 Å². The number of ether oxygens (including phenoxy) is 1. The van der Waals surface area contributed by atoms with Crippen LogP contribution in [0.15, 0.2) is 60.8 Å². The first-order chi connectivity index (χ1) is 10.7. The van der Waals surface area contributed by atoms with E-state index in [-0.39, 0.29) is 6.61 Å². The van der Waals surface area contributed by atoms with Crippen LogP contribution in [0.5, 0.6) is 0 Å². The first-order valence-corrected chi connectivity index (χ1v) is 7.13. The second-order valence-electron chi connectivity index (χ2n) is 4.68. The molecule has 1 aromatic heterocycles. The number of aromatic nitrogens is 1. The van der Waals surface area contributed by atoms with Crippen LogP contribution in [0, 0.1) is 0 Å². The van der Waals surface area contributed by atoms with E-state index in [1.807, 2.05) is 36.4 Å². The summed E-state index contributed by atoms with van der Waals surface area (Å²) in [6.45, 7) is 0.214. The molecule has 1 N–H and O–H groups in total. The molecule has 3 aromatic rings. The molecule has 0 saturated carbocycles. The van der Waals surface area contributed by atoms with Gasteiger partial charge in [0, 0.05) is 11.6 Å². The fraction of sp³-hybridized carbons (Fsp3) is 0.0588. The van der Waals surface area contributed by atoms with Gasteiger partial charge in [-0.05, 0) is 29.8 Å². The highest BCUT2D eigenvalue weighted by atomic mass is 35.5. The SMILES string of the molecule is O=C(Nc1ccc(Cl)c2cccnc12)OCc1ccccc1. The van der Waals surface area contributed by atoms with Crippen LogP contribution in [0.2, 0.25) is 5.02 Å². The molecule has 0 radical (unpaired) electrons. The molecule has 2 aromatic carbocycles. The maximum Gasteiger partial charge on any atom is 0.412 e. The van der Waals surface area contributed by atoms with Gasteiger partial charge in [-0.25, -0.2) is 4.79 Å². The molecule has 3 rings (SSSR count). The van der Waals surface area contributed by atoms with Crippen molar-refractivity contribution < 1.29 is 9.53 Å². The molecule has 0 bridgehead atoms. The Labute approximate surface area is 132 Å². The molecule has 5 heteroatoms. The summed E-state index contributed by atoms with van der Waals surface area (Å²) in [5.41, 5.74) is 2.13. The largest absolute Gasteiger partial charge is 0.444 e. The Morgan fingerprint density at radius 1 is 1.09 bits per heavy atom. The molecule has 110 valence electrons. The van der Waals surface area contributed by atoms with Gasteiger partial charge in [0.1, 0.15) is 6.61 Å². The minimum absolute atomic E-state index is 0.214. The monoisotopic (exact) mass is 312 g/mol. The van der Waals surface area contributed by atoms with Crippen molar-refractivity contribution in [1.82, 2.24) is 4.98 Å². The first kappa shape index (κ1) is 14.4. The van der Waals surface area contributed by atoms with Gasteiger partial charge in [0.25, 0.3) is 0 Å². The van der Waals surface area contributed by atoms with Crippen LogP contribution >= 0.6 is 11.6 Å². The van der Waals surface area contributed by atoms with Crippen molar-refractivity contribution in [2.45, 2.75) is 6.61 Å². The summed E-state index contributed by atoms with van der Waals surface area (Å²) in [6, 6.07) is 16.6. The Balaban J connectivity index is 1.73. The Hall–Kier alpha value is -2.59. The summed E-state index contributed by atoms with van der Waals surface area (Å²) in [7, 11) is 0. The number of amides is 1. The number of carbonyl (C=O) groups excluding carboxylic acids is 1. The van der Waals surface area contributed by atoms with E-state index in [4.69, 9.17) is 16.3 Å². The van der Waals surface area contributed by atoms with Crippen LogP contribution in [0.3, 0.4) is 0 Å². The smallest absolute Gasteiger partial charge is 0.412 e. The van der Waals surface area contributed by atoms with Crippen molar-refractivity contribution in [3.8, 4) is 0 Å². The summed E-state index contributed by atoms with van der Waals surface area (Å²) in [6.07, 6.45) is 1.12. The summed E-state index contributed by atoms with van der Waals surface area (Å²) in [5.74, 6) is 0. The number of fused-ring (bicyclic) bond motifs is 1. The van der Waals surface area contributed by atoms with E-state index < -0.39 is 6.09 Å². The van der Waals surface area contributed by atoms with Crippen molar-refractivity contribution in [2.24, 2.45) is 0 Å². The number of hydrogen-bond acceptors (Lipinski definition) is 3. The lowest BCUT2D eigenvalue weighted by Gasteiger charge is -2.09. The molecule has 0 fully saturated rings. The summed E-state index contributed by atoms with van der Waals surface area (Å²) in [4.78, 5) is 16.2. The Kier molecular flexibility index (Phi) is 4.21. The average molecular weight is 313 g/mol. The Morgan fingerprint density at radius 3 is 2.73 bits per heavy atom. The van der Waals surface area contributed by atoms with Crippen molar-refractivity contribution >= 4 is 34.3 Å². The molecule has 1 heterocycles. The van der Waals surface area contributed by atoms with Gasteiger partial charge in [0.05, 0.1) is 16.2 Å². The van der Waals surface area contributed by atoms with E-state index in [1.165, 1.54) is 0 Å². The predicted molar refractivity (Wildman–Crippen MR) is 87.0 cm³/mol. The second kappa shape index (κ2) is 6.45. The fourth-order valence-corrected chi connectivity index (χ4v) is 2.32. The van der Waals surface area contributed by atoms with Gasteiger partial charge in [-0.2, -0.15) is 0 Å². The molecule has 0 aliphatic rings. The van der Waals surface area contributed by atoms with E-state index in [2.05, 4.69) is 10.3 Å². The minimum atomic E-state index is -0.530. The van der Waals surface area contributed by atoms with E-state index in [0.717, 1.165) is 10.9 Å². The van der Waals surface area contributed by atoms with Crippen LogP contribution in [-0.2, 0) is 11.3 Å². The highest BCUT2D eigenvalue weighted by molar-refractivity contribution is 6.35. The first-order valence-electron chi connectivity index (χ1n) is 6.75. The third-order valence-corrected chi connectivity index (χ3v) is 3.50. The van der Waals surface area contributed by atoms with Crippen molar-refractivity contribution in [3.63, 3.8) is 0 Å². The second-order valence-corrected chi connectivity index (χ2v) is 5.09. The molecule has 0 aliphatic heterocycles. The Morgan fingerprint density at radius 2 is 1.91 bits per heavy atom. The number of halogens is 1. The lowest BCUT2D eigenvalue weighted by atomic mass is 10.2. The molecular formula is C17H13ClN2O2. The summed E-state index contributed by atoms with van der Waals surface area (Å²) >= 11 is 6.12. The predicted octanol–water partition coefficient (Wildman–Crippen LogP) is 4.64. The maximum absolute atomic E-state index is 11.9. The van der Waals surface area contributed by atoms with Gasteiger partial charge in [0.15, 0.2) is 0 Å². The van der Waals surface area contributed by atoms with E-state index in [1.54, 1.807) is 24.4 Å². The summed E-state index contributed by atoms with van der Waals surface area (Å²) in [5, 5.41) is 4.07. The van der Waals surface area contributed by atoms with Crippen LogP contribution in [0.25, 0.3) is 10.9 Å². The van der Waals surface area contributed by atoms with E-state index in [0.29, 0.717) is 16.2 Å². The molecule has 0 saturated heterocycles. The lowest BCUT2D eigenvalue weighted by Crippen LogP contribution is -2.14. The normalized spacial score (nSPS) is 10.4. The molecule has 0 spiro atoms. The van der Waals surface area contributed by atoms with Crippen LogP contribution < -0.4 is 5.32 Å². The van der Waals surface area contributed by atoms with Crippen LogP contribution in [0.1, 0.15) is 5.56 Å². The highest BCUT2D eigenvalue weighted by Gasteiger charge is 2.09. The van der Waals surface area contributed by atoms with E-state index >= 15 is 0 Å². The maximum atomic E-state index is 11.9. The van der Waals surface area contributed by atoms with Crippen LogP contribution in [0.4, 0.5) is 10.5 Å². The molecule has 0 atom stereocenters. The fourth-order valence-electron chi connectivity index (χ4n) is 2.11. The molecule has 0 unspecified atom stereocenters. The van der Waals surface area contributed by atoms with Gasteiger partial charge in [-0.15, -0.1) is 0 Å². The molecule has 1 amide bonds. The lowest BCUT2D eigenvalue weighted by molar-refractivity contribution is 0.155. The zero-order chi connectivity index (χ0) is 15.4. The van der Waals surface area contributed by atoms with Crippen LogP contribution in [-0.4, -0.2) is 11.1 Å². The standard InChI is InChI=1S/C17H13ClN2O2/c18-14-8-9-15(16-13(14)7-4-10-19-16)20-17(21)22-11-12-5-2-1-3-6-12/h1-10H,11H2,(H,20,21). The van der Waals surface area contributed by atoms with Gasteiger partial charge < -0.3 is 4.74 Å². The van der Waals surface area contributed by atoms with Gasteiger partial charge in [0.2, 0.25) is 0 Å². The van der Waals surface area contributed by atoms with Crippen molar-refractivity contribution in [1.29, 1.82) is 0 Å². The van der Waals surface area contributed by atoms with Gasteiger partial charge >= 0.3 is 6.09 Å². The average Bonchev–Trinajstić information content (AvgIpc) is 2.57. The number of nitrogens with one attached hydrogen (secondary N) is 1. The topological polar surface area (TPSA) is 51.2 Å². The number of nitrogens with zero attached hydrogens (tertiary/aromatic N) is 1. The number of hydrogen-bond donors (Lipinski definition) is 1. The third kappa shape index (κ3) is 3.18. The van der Waals surface area contributed by atoms with Gasteiger partial charge in [-0.3, -0.25) is 10.3 Å². The van der Waals surface area contributed by atoms with Crippen molar-refractivity contribution in [2.75, 3.05) is 5.32 Å². The number of pyridine rings is 1. The quantitative estimate of drug-likeness (QED) is 0.766. The zero-order valence-electron chi connectivity index (χ0n) is 11.6. The number of rotatable bonds is 3. The highest BCUT2D eigenvalue weighted by Crippen LogP contribution is 2.28. The van der Waals surface area contributed by atoms with Gasteiger partial charge in [-0.1, -0.05) is 41.9 Å².